The first-order chi connectivity index (χ1) is 10.1. The van der Waals surface area contributed by atoms with Gasteiger partial charge in [0.1, 0.15) is 0 Å². The predicted octanol–water partition coefficient (Wildman–Crippen LogP) is 3.65. The SMILES string of the molecule is Cc1cc2ncc(CN[C@H](C)c3cccc(Br)c3)cn2n1. The lowest BCUT2D eigenvalue weighted by Crippen LogP contribution is -2.18. The zero-order valence-electron chi connectivity index (χ0n) is 12.0. The Morgan fingerprint density at radius 2 is 2.19 bits per heavy atom. The number of hydrogen-bond acceptors (Lipinski definition) is 3. The van der Waals surface area contributed by atoms with Crippen LogP contribution in [0.5, 0.6) is 0 Å². The van der Waals surface area contributed by atoms with Crippen molar-refractivity contribution < 1.29 is 0 Å². The summed E-state index contributed by atoms with van der Waals surface area (Å²) in [7, 11) is 0. The lowest BCUT2D eigenvalue weighted by atomic mass is 10.1. The molecule has 3 rings (SSSR count). The molecule has 0 fully saturated rings. The summed E-state index contributed by atoms with van der Waals surface area (Å²) < 4.78 is 2.93. The lowest BCUT2D eigenvalue weighted by Gasteiger charge is -2.14. The number of hydrogen-bond donors (Lipinski definition) is 1. The molecule has 5 heteroatoms. The van der Waals surface area contributed by atoms with E-state index in [9.17, 15) is 0 Å². The average molecular weight is 345 g/mol. The monoisotopic (exact) mass is 344 g/mol. The van der Waals surface area contributed by atoms with Gasteiger partial charge in [-0.25, -0.2) is 9.50 Å². The van der Waals surface area contributed by atoms with Crippen LogP contribution in [0.3, 0.4) is 0 Å². The second kappa shape index (κ2) is 5.95. The summed E-state index contributed by atoms with van der Waals surface area (Å²) in [5.41, 5.74) is 4.24. The number of nitrogens with one attached hydrogen (secondary N) is 1. The quantitative estimate of drug-likeness (QED) is 0.785. The minimum atomic E-state index is 0.276. The maximum absolute atomic E-state index is 4.42. The van der Waals surface area contributed by atoms with Crippen LogP contribution in [0.15, 0.2) is 47.2 Å². The van der Waals surface area contributed by atoms with E-state index in [-0.39, 0.29) is 6.04 Å². The fourth-order valence-corrected chi connectivity index (χ4v) is 2.71. The summed E-state index contributed by atoms with van der Waals surface area (Å²) >= 11 is 3.51. The molecule has 2 heterocycles. The van der Waals surface area contributed by atoms with Crippen molar-refractivity contribution in [3.63, 3.8) is 0 Å². The number of aromatic nitrogens is 3. The lowest BCUT2D eigenvalue weighted by molar-refractivity contribution is 0.571. The topological polar surface area (TPSA) is 42.2 Å². The molecule has 1 N–H and O–H groups in total. The van der Waals surface area contributed by atoms with E-state index in [1.165, 1.54) is 5.56 Å². The van der Waals surface area contributed by atoms with Gasteiger partial charge < -0.3 is 5.32 Å². The third-order valence-corrected chi connectivity index (χ3v) is 3.94. The van der Waals surface area contributed by atoms with Crippen LogP contribution in [-0.2, 0) is 6.54 Å². The van der Waals surface area contributed by atoms with Gasteiger partial charge in [0.05, 0.1) is 5.69 Å². The Balaban J connectivity index is 1.70. The highest BCUT2D eigenvalue weighted by atomic mass is 79.9. The highest BCUT2D eigenvalue weighted by Gasteiger charge is 2.06. The number of rotatable bonds is 4. The molecule has 2 aromatic heterocycles. The van der Waals surface area contributed by atoms with Gasteiger partial charge in [0.25, 0.3) is 0 Å². The Morgan fingerprint density at radius 3 is 3.00 bits per heavy atom. The van der Waals surface area contributed by atoms with E-state index in [1.54, 1.807) is 0 Å². The van der Waals surface area contributed by atoms with Gasteiger partial charge in [0.2, 0.25) is 0 Å². The van der Waals surface area contributed by atoms with Crippen molar-refractivity contribution in [1.29, 1.82) is 0 Å². The smallest absolute Gasteiger partial charge is 0.155 e. The van der Waals surface area contributed by atoms with Crippen molar-refractivity contribution >= 4 is 21.6 Å². The molecule has 108 valence electrons. The van der Waals surface area contributed by atoms with Crippen LogP contribution in [0.25, 0.3) is 5.65 Å². The number of halogens is 1. The summed E-state index contributed by atoms with van der Waals surface area (Å²) in [6.07, 6.45) is 3.92. The predicted molar refractivity (Wildman–Crippen MR) is 87.1 cm³/mol. The first kappa shape index (κ1) is 14.2. The van der Waals surface area contributed by atoms with E-state index < -0.39 is 0 Å². The molecule has 0 aliphatic carbocycles. The van der Waals surface area contributed by atoms with Crippen LogP contribution in [-0.4, -0.2) is 14.6 Å². The van der Waals surface area contributed by atoms with E-state index in [1.807, 2.05) is 36.0 Å². The number of benzene rings is 1. The second-order valence-electron chi connectivity index (χ2n) is 5.21. The normalized spacial score (nSPS) is 12.7. The van der Waals surface area contributed by atoms with Crippen molar-refractivity contribution in [2.24, 2.45) is 0 Å². The highest BCUT2D eigenvalue weighted by molar-refractivity contribution is 9.10. The maximum Gasteiger partial charge on any atom is 0.155 e. The molecule has 0 radical (unpaired) electrons. The minimum absolute atomic E-state index is 0.276. The van der Waals surface area contributed by atoms with Gasteiger partial charge in [-0.15, -0.1) is 0 Å². The van der Waals surface area contributed by atoms with Gasteiger partial charge in [0.15, 0.2) is 5.65 Å². The van der Waals surface area contributed by atoms with Gasteiger partial charge in [-0.2, -0.15) is 5.10 Å². The average Bonchev–Trinajstić information content (AvgIpc) is 2.84. The van der Waals surface area contributed by atoms with Crippen LogP contribution in [0.4, 0.5) is 0 Å². The zero-order valence-corrected chi connectivity index (χ0v) is 13.6. The molecule has 1 aromatic carbocycles. The van der Waals surface area contributed by atoms with Gasteiger partial charge >= 0.3 is 0 Å². The van der Waals surface area contributed by atoms with Gasteiger partial charge in [-0.3, -0.25) is 0 Å². The Labute approximate surface area is 132 Å². The first-order valence-electron chi connectivity index (χ1n) is 6.91. The molecule has 0 saturated carbocycles. The van der Waals surface area contributed by atoms with E-state index in [0.717, 1.165) is 27.9 Å². The van der Waals surface area contributed by atoms with Crippen molar-refractivity contribution in [3.05, 3.63) is 64.0 Å². The summed E-state index contributed by atoms with van der Waals surface area (Å²) in [5.74, 6) is 0. The zero-order chi connectivity index (χ0) is 14.8. The van der Waals surface area contributed by atoms with Crippen LogP contribution in [0, 0.1) is 6.92 Å². The Kier molecular flexibility index (Phi) is 4.03. The fraction of sp³-hybridized carbons (Fsp3) is 0.250. The molecule has 0 aliphatic heterocycles. The molecule has 1 atom stereocenters. The molecule has 3 aromatic rings. The molecule has 21 heavy (non-hydrogen) atoms. The van der Waals surface area contributed by atoms with E-state index >= 15 is 0 Å². The fourth-order valence-electron chi connectivity index (χ4n) is 2.29. The summed E-state index contributed by atoms with van der Waals surface area (Å²) in [6, 6.07) is 10.6. The third kappa shape index (κ3) is 3.31. The molecule has 0 amide bonds. The van der Waals surface area contributed by atoms with Gasteiger partial charge in [0, 0.05) is 41.1 Å². The van der Waals surface area contributed by atoms with Crippen molar-refractivity contribution in [2.75, 3.05) is 0 Å². The largest absolute Gasteiger partial charge is 0.306 e. The summed E-state index contributed by atoms with van der Waals surface area (Å²) in [4.78, 5) is 4.42. The molecule has 0 saturated heterocycles. The second-order valence-corrected chi connectivity index (χ2v) is 6.12. The van der Waals surface area contributed by atoms with Crippen molar-refractivity contribution in [1.82, 2.24) is 19.9 Å². The standard InChI is InChI=1S/C16H17BrN4/c1-11-6-16-19-9-13(10-21(16)20-11)8-18-12(2)14-4-3-5-15(17)7-14/h3-7,9-10,12,18H,8H2,1-2H3/t12-/m1/s1. The summed E-state index contributed by atoms with van der Waals surface area (Å²) in [6.45, 7) is 4.89. The van der Waals surface area contributed by atoms with Gasteiger partial charge in [-0.05, 0) is 31.5 Å². The van der Waals surface area contributed by atoms with E-state index in [0.29, 0.717) is 0 Å². The van der Waals surface area contributed by atoms with E-state index in [2.05, 4.69) is 56.5 Å². The first-order valence-corrected chi connectivity index (χ1v) is 7.71. The Hall–Kier alpha value is -1.72. The highest BCUT2D eigenvalue weighted by Crippen LogP contribution is 2.18. The van der Waals surface area contributed by atoms with E-state index in [4.69, 9.17) is 0 Å². The van der Waals surface area contributed by atoms with Crippen molar-refractivity contribution in [2.45, 2.75) is 26.4 Å². The Bertz CT molecular complexity index is 766. The molecule has 0 bridgehead atoms. The van der Waals surface area contributed by atoms with Crippen molar-refractivity contribution in [3.8, 4) is 0 Å². The molecule has 4 nitrogen and oxygen atoms in total. The summed E-state index contributed by atoms with van der Waals surface area (Å²) in [5, 5.41) is 7.90. The minimum Gasteiger partial charge on any atom is -0.306 e. The third-order valence-electron chi connectivity index (χ3n) is 3.45. The maximum atomic E-state index is 4.42. The molecule has 0 unspecified atom stereocenters. The number of fused-ring (bicyclic) bond motifs is 1. The molecule has 0 spiro atoms. The molecular weight excluding hydrogens is 328 g/mol. The van der Waals surface area contributed by atoms with Crippen LogP contribution >= 0.6 is 15.9 Å². The molecular formula is C16H17BrN4. The van der Waals surface area contributed by atoms with Gasteiger partial charge in [-0.1, -0.05) is 28.1 Å². The van der Waals surface area contributed by atoms with Crippen LogP contribution in [0.1, 0.15) is 29.8 Å². The number of aryl methyl sites for hydroxylation is 1. The van der Waals surface area contributed by atoms with Crippen LogP contribution < -0.4 is 5.32 Å². The molecule has 0 aliphatic rings. The Morgan fingerprint density at radius 1 is 1.33 bits per heavy atom. The number of nitrogens with zero attached hydrogens (tertiary/aromatic N) is 3. The van der Waals surface area contributed by atoms with Crippen LogP contribution in [0.2, 0.25) is 0 Å².